The Morgan fingerprint density at radius 1 is 1.13 bits per heavy atom. The van der Waals surface area contributed by atoms with E-state index in [2.05, 4.69) is 27.7 Å². The van der Waals surface area contributed by atoms with Gasteiger partial charge in [-0.2, -0.15) is 0 Å². The number of carbonyl (C=O) groups is 2. The summed E-state index contributed by atoms with van der Waals surface area (Å²) in [5, 5.41) is 0. The van der Waals surface area contributed by atoms with Crippen molar-refractivity contribution in [3.63, 3.8) is 0 Å². The number of methoxy groups -OCH3 is 2. The fraction of sp³-hybridized carbons (Fsp3) is 0.895. The van der Waals surface area contributed by atoms with Crippen LogP contribution in [0.15, 0.2) is 0 Å². The number of hydrogen-bond donors (Lipinski definition) is 0. The zero-order valence-corrected chi connectivity index (χ0v) is 15.2. The molecule has 3 unspecified atom stereocenters. The molecule has 0 aromatic rings. The normalized spacial score (nSPS) is 42.5. The highest BCUT2D eigenvalue weighted by Crippen LogP contribution is 2.85. The molecule has 3 aliphatic rings. The molecule has 0 N–H and O–H groups in total. The molecule has 3 fully saturated rings. The summed E-state index contributed by atoms with van der Waals surface area (Å²) in [4.78, 5) is 23.7. The lowest BCUT2D eigenvalue weighted by Crippen LogP contribution is -2.41. The standard InChI is InChI=1S/C19H30O4/c1-10-14-13-9-11(18(2,3)15(13)19(10,14)4)7-8-12(16(20)22-5)17(21)23-6/h10-15H,7-9H2,1-6H3/t10-,11?,13?,14-,15-,19?/m0/s1. The summed E-state index contributed by atoms with van der Waals surface area (Å²) in [6.45, 7) is 9.64. The summed E-state index contributed by atoms with van der Waals surface area (Å²) in [6.07, 6.45) is 2.67. The van der Waals surface area contributed by atoms with E-state index in [4.69, 9.17) is 9.47 Å². The fourth-order valence-electron chi connectivity index (χ4n) is 6.66. The van der Waals surface area contributed by atoms with E-state index in [1.54, 1.807) is 0 Å². The third-order valence-electron chi connectivity index (χ3n) is 7.87. The molecule has 3 aliphatic carbocycles. The van der Waals surface area contributed by atoms with Crippen molar-refractivity contribution in [2.24, 2.45) is 46.3 Å². The molecule has 0 amide bonds. The van der Waals surface area contributed by atoms with Gasteiger partial charge in [-0.3, -0.25) is 9.59 Å². The summed E-state index contributed by atoms with van der Waals surface area (Å²) in [6, 6.07) is 0. The number of esters is 2. The van der Waals surface area contributed by atoms with Gasteiger partial charge in [-0.1, -0.05) is 27.7 Å². The minimum Gasteiger partial charge on any atom is -0.468 e. The fourth-order valence-corrected chi connectivity index (χ4v) is 6.66. The predicted octanol–water partition coefficient (Wildman–Crippen LogP) is 3.29. The van der Waals surface area contributed by atoms with E-state index in [-0.39, 0.29) is 5.41 Å². The number of fused-ring (bicyclic) bond motifs is 4. The van der Waals surface area contributed by atoms with E-state index in [0.717, 1.165) is 30.1 Å². The van der Waals surface area contributed by atoms with Crippen LogP contribution in [0.5, 0.6) is 0 Å². The highest BCUT2D eigenvalue weighted by Gasteiger charge is 2.80. The molecule has 6 atom stereocenters. The van der Waals surface area contributed by atoms with E-state index >= 15 is 0 Å². The molecule has 3 rings (SSSR count). The zero-order chi connectivity index (χ0) is 17.2. The molecule has 0 aromatic carbocycles. The first-order chi connectivity index (χ1) is 10.7. The molecule has 130 valence electrons. The average Bonchev–Trinajstić information content (AvgIpc) is 2.83. The van der Waals surface area contributed by atoms with Crippen molar-refractivity contribution in [2.75, 3.05) is 14.2 Å². The summed E-state index contributed by atoms with van der Waals surface area (Å²) < 4.78 is 9.54. The Hall–Kier alpha value is -1.06. The molecule has 0 aliphatic heterocycles. The van der Waals surface area contributed by atoms with Crippen LogP contribution in [-0.2, 0) is 19.1 Å². The minimum atomic E-state index is -0.775. The van der Waals surface area contributed by atoms with Crippen LogP contribution in [0.25, 0.3) is 0 Å². The third-order valence-corrected chi connectivity index (χ3v) is 7.87. The Kier molecular flexibility index (Phi) is 3.81. The molecular formula is C19H30O4. The van der Waals surface area contributed by atoms with Crippen LogP contribution < -0.4 is 0 Å². The van der Waals surface area contributed by atoms with Crippen LogP contribution in [0.1, 0.15) is 47.0 Å². The minimum absolute atomic E-state index is 0.289. The zero-order valence-electron chi connectivity index (χ0n) is 15.2. The lowest BCUT2D eigenvalue weighted by molar-refractivity contribution is -0.159. The number of carbonyl (C=O) groups excluding carboxylic acids is 2. The van der Waals surface area contributed by atoms with Crippen molar-refractivity contribution < 1.29 is 19.1 Å². The number of rotatable bonds is 5. The average molecular weight is 322 g/mol. The highest BCUT2D eigenvalue weighted by atomic mass is 16.5. The molecule has 0 heterocycles. The van der Waals surface area contributed by atoms with Gasteiger partial charge >= 0.3 is 11.9 Å². The first kappa shape index (κ1) is 16.8. The Balaban J connectivity index is 1.65. The van der Waals surface area contributed by atoms with Crippen molar-refractivity contribution >= 4 is 11.9 Å². The molecule has 3 saturated carbocycles. The van der Waals surface area contributed by atoms with E-state index < -0.39 is 17.9 Å². The third kappa shape index (κ3) is 2.09. The molecule has 4 nitrogen and oxygen atoms in total. The van der Waals surface area contributed by atoms with Crippen LogP contribution in [0.2, 0.25) is 0 Å². The van der Waals surface area contributed by atoms with Gasteiger partial charge in [-0.15, -0.1) is 0 Å². The smallest absolute Gasteiger partial charge is 0.320 e. The first-order valence-electron chi connectivity index (χ1n) is 8.86. The Labute approximate surface area is 139 Å². The van der Waals surface area contributed by atoms with Gasteiger partial charge in [0, 0.05) is 0 Å². The van der Waals surface area contributed by atoms with Gasteiger partial charge in [-0.25, -0.2) is 0 Å². The summed E-state index contributed by atoms with van der Waals surface area (Å²) in [7, 11) is 2.65. The maximum atomic E-state index is 11.8. The first-order valence-corrected chi connectivity index (χ1v) is 8.86. The maximum Gasteiger partial charge on any atom is 0.320 e. The van der Waals surface area contributed by atoms with Crippen LogP contribution in [0.4, 0.5) is 0 Å². The van der Waals surface area contributed by atoms with E-state index in [1.165, 1.54) is 20.6 Å². The lowest BCUT2D eigenvalue weighted by atomic mass is 9.58. The van der Waals surface area contributed by atoms with Crippen LogP contribution in [0, 0.1) is 46.3 Å². The van der Waals surface area contributed by atoms with Crippen molar-refractivity contribution in [3.05, 3.63) is 0 Å². The molecule has 0 bridgehead atoms. The molecule has 4 heteroatoms. The largest absolute Gasteiger partial charge is 0.468 e. The topological polar surface area (TPSA) is 52.6 Å². The van der Waals surface area contributed by atoms with Gasteiger partial charge in [0.1, 0.15) is 0 Å². The van der Waals surface area contributed by atoms with Crippen molar-refractivity contribution in [1.29, 1.82) is 0 Å². The van der Waals surface area contributed by atoms with Crippen molar-refractivity contribution in [2.45, 2.75) is 47.0 Å². The highest BCUT2D eigenvalue weighted by molar-refractivity contribution is 5.94. The van der Waals surface area contributed by atoms with Crippen LogP contribution in [0.3, 0.4) is 0 Å². The molecule has 0 aromatic heterocycles. The molecular weight excluding hydrogens is 292 g/mol. The summed E-state index contributed by atoms with van der Waals surface area (Å²) >= 11 is 0. The van der Waals surface area contributed by atoms with Gasteiger partial charge in [0.15, 0.2) is 5.92 Å². The van der Waals surface area contributed by atoms with Gasteiger partial charge in [-0.05, 0) is 59.7 Å². The van der Waals surface area contributed by atoms with Gasteiger partial charge in [0.2, 0.25) is 0 Å². The Morgan fingerprint density at radius 3 is 2.17 bits per heavy atom. The Bertz CT molecular complexity index is 509. The van der Waals surface area contributed by atoms with Crippen LogP contribution >= 0.6 is 0 Å². The second-order valence-electron chi connectivity index (χ2n) is 8.75. The molecule has 0 spiro atoms. The summed E-state index contributed by atoms with van der Waals surface area (Å²) in [5.41, 5.74) is 0.838. The lowest BCUT2D eigenvalue weighted by Gasteiger charge is -2.46. The van der Waals surface area contributed by atoms with Crippen molar-refractivity contribution in [1.82, 2.24) is 0 Å². The van der Waals surface area contributed by atoms with Crippen molar-refractivity contribution in [3.8, 4) is 0 Å². The molecule has 23 heavy (non-hydrogen) atoms. The maximum absolute atomic E-state index is 11.8. The summed E-state index contributed by atoms with van der Waals surface area (Å²) in [5.74, 6) is 2.29. The quantitative estimate of drug-likeness (QED) is 0.576. The van der Waals surface area contributed by atoms with Gasteiger partial charge < -0.3 is 9.47 Å². The Morgan fingerprint density at radius 2 is 1.70 bits per heavy atom. The second-order valence-corrected chi connectivity index (χ2v) is 8.75. The monoisotopic (exact) mass is 322 g/mol. The van der Waals surface area contributed by atoms with Gasteiger partial charge in [0.25, 0.3) is 0 Å². The van der Waals surface area contributed by atoms with Crippen LogP contribution in [-0.4, -0.2) is 26.2 Å². The van der Waals surface area contributed by atoms with E-state index in [9.17, 15) is 9.59 Å². The molecule has 0 radical (unpaired) electrons. The number of hydrogen-bond acceptors (Lipinski definition) is 4. The number of ether oxygens (including phenoxy) is 2. The van der Waals surface area contributed by atoms with E-state index in [0.29, 0.717) is 17.8 Å². The van der Waals surface area contributed by atoms with E-state index in [1.807, 2.05) is 0 Å². The second kappa shape index (κ2) is 5.22. The van der Waals surface area contributed by atoms with Gasteiger partial charge in [0.05, 0.1) is 14.2 Å². The molecule has 0 saturated heterocycles. The predicted molar refractivity (Wildman–Crippen MR) is 86.4 cm³/mol. The SMILES string of the molecule is COC(=O)C(CCC1CC2[C@@H]3[C@H](C)C3(C)[C@@H]2C1(C)C)C(=O)OC.